The molecule has 8 heteroatoms. The second-order valence-corrected chi connectivity index (χ2v) is 5.94. The van der Waals surface area contributed by atoms with Gasteiger partial charge in [0.2, 0.25) is 0 Å². The number of rotatable bonds is 3. The van der Waals surface area contributed by atoms with Crippen molar-refractivity contribution >= 4 is 11.6 Å². The number of benzene rings is 1. The minimum absolute atomic E-state index is 0.0654. The van der Waals surface area contributed by atoms with E-state index in [1.54, 1.807) is 16.6 Å². The first-order valence-electron chi connectivity index (χ1n) is 7.61. The van der Waals surface area contributed by atoms with Crippen molar-refractivity contribution in [2.75, 3.05) is 20.2 Å². The molecule has 0 radical (unpaired) electrons. The van der Waals surface area contributed by atoms with Gasteiger partial charge in [-0.15, -0.1) is 0 Å². The van der Waals surface area contributed by atoms with Crippen LogP contribution in [0, 0.1) is 10.1 Å². The molecule has 124 valence electrons. The normalized spacial score (nSPS) is 22.2. The van der Waals surface area contributed by atoms with Gasteiger partial charge in [0.05, 0.1) is 24.8 Å². The number of nitrogens with one attached hydrogen (secondary N) is 1. The van der Waals surface area contributed by atoms with Crippen molar-refractivity contribution < 1.29 is 14.5 Å². The number of hydrogen-bond acceptors (Lipinski definition) is 5. The first-order valence-corrected chi connectivity index (χ1v) is 7.61. The van der Waals surface area contributed by atoms with Crippen molar-refractivity contribution in [2.24, 2.45) is 0 Å². The third kappa shape index (κ3) is 1.93. The van der Waals surface area contributed by atoms with Crippen LogP contribution >= 0.6 is 0 Å². The lowest BCUT2D eigenvalue weighted by Crippen LogP contribution is -2.57. The highest BCUT2D eigenvalue weighted by Crippen LogP contribution is 2.38. The Kier molecular flexibility index (Phi) is 3.10. The van der Waals surface area contributed by atoms with E-state index in [9.17, 15) is 14.9 Å². The number of nitrogens with zero attached hydrogens (tertiary/aromatic N) is 3. The van der Waals surface area contributed by atoms with Crippen LogP contribution in [-0.2, 0) is 12.2 Å². The van der Waals surface area contributed by atoms with Crippen molar-refractivity contribution in [1.82, 2.24) is 14.8 Å². The van der Waals surface area contributed by atoms with Gasteiger partial charge in [-0.2, -0.15) is 0 Å². The average molecular weight is 328 g/mol. The standard InChI is InChI=1S/C16H16N4O4/c1-24-13-4-2-11(3-5-13)16-10-18-9-12(20(22)23)8-14(18)15(21)19(16)7-6-17-16/h2-5,8-9,17H,6-7,10H2,1H3. The molecule has 24 heavy (non-hydrogen) atoms. The van der Waals surface area contributed by atoms with Gasteiger partial charge < -0.3 is 14.2 Å². The minimum Gasteiger partial charge on any atom is -0.497 e. The maximum Gasteiger partial charge on any atom is 0.287 e. The topological polar surface area (TPSA) is 89.6 Å². The maximum atomic E-state index is 12.9. The summed E-state index contributed by atoms with van der Waals surface area (Å²) in [7, 11) is 1.60. The molecule has 0 aliphatic carbocycles. The van der Waals surface area contributed by atoms with Crippen LogP contribution in [-0.4, -0.2) is 40.5 Å². The zero-order valence-corrected chi connectivity index (χ0v) is 13.1. The van der Waals surface area contributed by atoms with Crippen LogP contribution in [0.5, 0.6) is 5.75 Å². The van der Waals surface area contributed by atoms with E-state index in [4.69, 9.17) is 4.74 Å². The van der Waals surface area contributed by atoms with E-state index in [1.165, 1.54) is 12.3 Å². The Hall–Kier alpha value is -2.87. The summed E-state index contributed by atoms with van der Waals surface area (Å²) in [5.74, 6) is 0.536. The molecule has 2 aliphatic heterocycles. The van der Waals surface area contributed by atoms with Gasteiger partial charge in [0.25, 0.3) is 11.6 Å². The van der Waals surface area contributed by atoms with E-state index >= 15 is 0 Å². The smallest absolute Gasteiger partial charge is 0.287 e. The van der Waals surface area contributed by atoms with E-state index in [0.717, 1.165) is 11.3 Å². The molecule has 2 aliphatic rings. The van der Waals surface area contributed by atoms with Crippen LogP contribution in [0.25, 0.3) is 0 Å². The van der Waals surface area contributed by atoms with Gasteiger partial charge in [-0.1, -0.05) is 12.1 Å². The molecule has 4 rings (SSSR count). The summed E-state index contributed by atoms with van der Waals surface area (Å²) in [4.78, 5) is 25.2. The van der Waals surface area contributed by atoms with Crippen LogP contribution in [0.3, 0.4) is 0 Å². The summed E-state index contributed by atoms with van der Waals surface area (Å²) in [6.45, 7) is 1.66. The molecular weight excluding hydrogens is 312 g/mol. The Labute approximate surface area is 137 Å². The lowest BCUT2D eigenvalue weighted by atomic mass is 9.96. The molecule has 8 nitrogen and oxygen atoms in total. The molecule has 1 saturated heterocycles. The monoisotopic (exact) mass is 328 g/mol. The minimum atomic E-state index is -0.691. The molecule has 1 fully saturated rings. The van der Waals surface area contributed by atoms with Gasteiger partial charge in [-0.25, -0.2) is 0 Å². The van der Waals surface area contributed by atoms with E-state index in [0.29, 0.717) is 25.3 Å². The molecule has 0 spiro atoms. The van der Waals surface area contributed by atoms with Crippen LogP contribution in [0.15, 0.2) is 36.5 Å². The summed E-state index contributed by atoms with van der Waals surface area (Å²) in [5.41, 5.74) is 0.526. The van der Waals surface area contributed by atoms with E-state index < -0.39 is 10.6 Å². The van der Waals surface area contributed by atoms with Crippen molar-refractivity contribution in [1.29, 1.82) is 0 Å². The predicted molar refractivity (Wildman–Crippen MR) is 84.8 cm³/mol. The fraction of sp³-hybridized carbons (Fsp3) is 0.312. The summed E-state index contributed by atoms with van der Waals surface area (Å²) in [5, 5.41) is 14.4. The molecule has 1 aromatic heterocycles. The van der Waals surface area contributed by atoms with E-state index in [2.05, 4.69) is 5.32 Å². The fourth-order valence-electron chi connectivity index (χ4n) is 3.58. The average Bonchev–Trinajstić information content (AvgIpc) is 3.20. The third-order valence-corrected chi connectivity index (χ3v) is 4.74. The summed E-state index contributed by atoms with van der Waals surface area (Å²) < 4.78 is 6.86. The molecule has 1 atom stereocenters. The van der Waals surface area contributed by atoms with Crippen molar-refractivity contribution in [2.45, 2.75) is 12.2 Å². The van der Waals surface area contributed by atoms with Gasteiger partial charge in [-0.3, -0.25) is 20.2 Å². The van der Waals surface area contributed by atoms with Gasteiger partial charge in [-0.05, 0) is 17.7 Å². The van der Waals surface area contributed by atoms with Crippen molar-refractivity contribution in [3.05, 3.63) is 57.9 Å². The predicted octanol–water partition coefficient (Wildman–Crippen LogP) is 1.32. The van der Waals surface area contributed by atoms with Crippen LogP contribution in [0.1, 0.15) is 16.1 Å². The Morgan fingerprint density at radius 2 is 2.08 bits per heavy atom. The Bertz CT molecular complexity index is 829. The maximum absolute atomic E-state index is 12.9. The van der Waals surface area contributed by atoms with E-state index in [1.807, 2.05) is 24.3 Å². The number of amides is 1. The van der Waals surface area contributed by atoms with Gasteiger partial charge >= 0.3 is 0 Å². The Morgan fingerprint density at radius 1 is 1.33 bits per heavy atom. The highest BCUT2D eigenvalue weighted by molar-refractivity contribution is 5.95. The SMILES string of the molecule is COc1ccc(C23Cn4cc([N+](=O)[O-])cc4C(=O)N2CCN3)cc1. The second kappa shape index (κ2) is 5.07. The van der Waals surface area contributed by atoms with Crippen LogP contribution < -0.4 is 10.1 Å². The zero-order valence-electron chi connectivity index (χ0n) is 13.1. The number of methoxy groups -OCH3 is 1. The Morgan fingerprint density at radius 3 is 2.75 bits per heavy atom. The largest absolute Gasteiger partial charge is 0.497 e. The number of ether oxygens (including phenoxy) is 1. The number of aromatic nitrogens is 1. The van der Waals surface area contributed by atoms with Gasteiger partial charge in [0, 0.05) is 19.2 Å². The molecular formula is C16H16N4O4. The first kappa shape index (κ1) is 14.7. The second-order valence-electron chi connectivity index (χ2n) is 5.94. The summed E-state index contributed by atoms with van der Waals surface area (Å²) in [6, 6.07) is 8.88. The van der Waals surface area contributed by atoms with Crippen molar-refractivity contribution in [3.8, 4) is 5.75 Å². The number of nitro groups is 1. The zero-order chi connectivity index (χ0) is 16.9. The molecule has 2 aromatic rings. The van der Waals surface area contributed by atoms with Gasteiger partial charge in [0.1, 0.15) is 17.1 Å². The van der Waals surface area contributed by atoms with Gasteiger partial charge in [0.15, 0.2) is 0 Å². The Balaban J connectivity index is 1.81. The van der Waals surface area contributed by atoms with Crippen LogP contribution in [0.2, 0.25) is 0 Å². The number of fused-ring (bicyclic) bond motifs is 2. The fourth-order valence-corrected chi connectivity index (χ4v) is 3.58. The summed E-state index contributed by atoms with van der Waals surface area (Å²) in [6.07, 6.45) is 1.43. The molecule has 0 bridgehead atoms. The van der Waals surface area contributed by atoms with E-state index in [-0.39, 0.29) is 11.6 Å². The third-order valence-electron chi connectivity index (χ3n) is 4.74. The number of hydrogen-bond donors (Lipinski definition) is 1. The molecule has 3 heterocycles. The van der Waals surface area contributed by atoms with Crippen LogP contribution in [0.4, 0.5) is 5.69 Å². The molecule has 1 amide bonds. The highest BCUT2D eigenvalue weighted by Gasteiger charge is 2.49. The van der Waals surface area contributed by atoms with Crippen molar-refractivity contribution in [3.63, 3.8) is 0 Å². The quantitative estimate of drug-likeness (QED) is 0.678. The molecule has 0 saturated carbocycles. The molecule has 1 N–H and O–H groups in total. The first-order chi connectivity index (χ1) is 11.5. The molecule has 1 unspecified atom stereocenters. The summed E-state index contributed by atoms with van der Waals surface area (Å²) >= 11 is 0. The highest BCUT2D eigenvalue weighted by atomic mass is 16.6. The number of carbonyl (C=O) groups is 1. The lowest BCUT2D eigenvalue weighted by Gasteiger charge is -2.42. The number of carbonyl (C=O) groups excluding carboxylic acids is 1. The molecule has 1 aromatic carbocycles. The lowest BCUT2D eigenvalue weighted by molar-refractivity contribution is -0.384.